The molecule has 0 bridgehead atoms. The molecule has 0 spiro atoms. The molecule has 2 amide bonds. The number of ether oxygens (including phenoxy) is 1. The van der Waals surface area contributed by atoms with Gasteiger partial charge in [-0.1, -0.05) is 23.2 Å². The van der Waals surface area contributed by atoms with E-state index >= 15 is 0 Å². The molecule has 1 aliphatic heterocycles. The second kappa shape index (κ2) is 9.73. The smallest absolute Gasteiger partial charge is 0.273 e. The van der Waals surface area contributed by atoms with Crippen LogP contribution in [0.15, 0.2) is 18.2 Å². The van der Waals surface area contributed by atoms with Crippen LogP contribution in [0.4, 0.5) is 5.69 Å². The summed E-state index contributed by atoms with van der Waals surface area (Å²) in [5.74, 6) is -0.208. The van der Waals surface area contributed by atoms with E-state index in [0.717, 1.165) is 25.9 Å². The summed E-state index contributed by atoms with van der Waals surface area (Å²) in [5, 5.41) is 9.59. The molecule has 0 unspecified atom stereocenters. The number of hydrogen-bond acceptors (Lipinski definition) is 4. The molecule has 162 valence electrons. The molecule has 1 aromatic carbocycles. The molecule has 4 N–H and O–H groups in total. The van der Waals surface area contributed by atoms with Gasteiger partial charge in [-0.25, -0.2) is 0 Å². The number of piperidine rings is 1. The lowest BCUT2D eigenvalue weighted by atomic mass is 10.1. The fourth-order valence-corrected chi connectivity index (χ4v) is 3.68. The number of hydrogen-bond donors (Lipinski definition) is 4. The summed E-state index contributed by atoms with van der Waals surface area (Å²) in [4.78, 5) is 28.3. The molecule has 9 heteroatoms. The Morgan fingerprint density at radius 2 is 1.83 bits per heavy atom. The second-order valence-corrected chi connectivity index (χ2v) is 8.34. The van der Waals surface area contributed by atoms with Crippen molar-refractivity contribution in [2.45, 2.75) is 45.8 Å². The quantitative estimate of drug-likeness (QED) is 0.529. The Kier molecular flexibility index (Phi) is 7.28. The van der Waals surface area contributed by atoms with Gasteiger partial charge < -0.3 is 25.7 Å². The van der Waals surface area contributed by atoms with Crippen molar-refractivity contribution in [1.29, 1.82) is 0 Å². The topological polar surface area (TPSA) is 95.2 Å². The molecule has 2 heterocycles. The van der Waals surface area contributed by atoms with Gasteiger partial charge in [-0.05, 0) is 64.9 Å². The first-order valence-electron chi connectivity index (χ1n) is 9.93. The van der Waals surface area contributed by atoms with Crippen LogP contribution in [0.5, 0.6) is 5.75 Å². The predicted octanol–water partition coefficient (Wildman–Crippen LogP) is 4.15. The number of carbonyl (C=O) groups is 2. The maximum Gasteiger partial charge on any atom is 0.273 e. The lowest BCUT2D eigenvalue weighted by Gasteiger charge is -2.24. The molecule has 7 nitrogen and oxygen atoms in total. The maximum atomic E-state index is 12.7. The number of aromatic amines is 1. The summed E-state index contributed by atoms with van der Waals surface area (Å²) < 4.78 is 5.85. The van der Waals surface area contributed by atoms with E-state index in [4.69, 9.17) is 27.9 Å². The molecular weight excluding hydrogens is 427 g/mol. The van der Waals surface area contributed by atoms with Crippen molar-refractivity contribution in [3.63, 3.8) is 0 Å². The Morgan fingerprint density at radius 1 is 1.13 bits per heavy atom. The predicted molar refractivity (Wildman–Crippen MR) is 119 cm³/mol. The number of aromatic nitrogens is 1. The molecule has 0 radical (unpaired) electrons. The molecular formula is C21H26Cl2N4O3. The van der Waals surface area contributed by atoms with Crippen LogP contribution >= 0.6 is 23.2 Å². The van der Waals surface area contributed by atoms with Gasteiger partial charge in [-0.3, -0.25) is 9.59 Å². The molecule has 0 atom stereocenters. The molecule has 1 aromatic heterocycles. The summed E-state index contributed by atoms with van der Waals surface area (Å²) in [7, 11) is 0. The monoisotopic (exact) mass is 452 g/mol. The fourth-order valence-electron chi connectivity index (χ4n) is 3.27. The van der Waals surface area contributed by atoms with E-state index in [1.54, 1.807) is 25.1 Å². The largest absolute Gasteiger partial charge is 0.489 e. The van der Waals surface area contributed by atoms with Gasteiger partial charge in [0.25, 0.3) is 11.8 Å². The van der Waals surface area contributed by atoms with E-state index in [2.05, 4.69) is 20.9 Å². The van der Waals surface area contributed by atoms with Crippen molar-refractivity contribution in [3.8, 4) is 5.75 Å². The van der Waals surface area contributed by atoms with Crippen LogP contribution in [0.1, 0.15) is 53.2 Å². The zero-order valence-corrected chi connectivity index (χ0v) is 18.7. The number of rotatable bonds is 6. The zero-order valence-electron chi connectivity index (χ0n) is 17.2. The highest BCUT2D eigenvalue weighted by Gasteiger charge is 2.21. The highest BCUT2D eigenvalue weighted by atomic mass is 35.5. The molecule has 0 saturated carbocycles. The number of benzene rings is 1. The van der Waals surface area contributed by atoms with Crippen LogP contribution in [-0.4, -0.2) is 42.0 Å². The Labute approximate surface area is 185 Å². The Hall–Kier alpha value is -2.22. The number of H-pyrrole nitrogens is 1. The average Bonchev–Trinajstić information content (AvgIpc) is 2.97. The second-order valence-electron chi connectivity index (χ2n) is 7.58. The lowest BCUT2D eigenvalue weighted by molar-refractivity contribution is 0.0928. The molecule has 1 aliphatic rings. The van der Waals surface area contributed by atoms with Crippen molar-refractivity contribution < 1.29 is 14.3 Å². The van der Waals surface area contributed by atoms with E-state index in [-0.39, 0.29) is 28.8 Å². The van der Waals surface area contributed by atoms with Crippen LogP contribution in [0.25, 0.3) is 0 Å². The van der Waals surface area contributed by atoms with Gasteiger partial charge in [0, 0.05) is 17.3 Å². The Balaban J connectivity index is 1.80. The van der Waals surface area contributed by atoms with E-state index < -0.39 is 5.91 Å². The van der Waals surface area contributed by atoms with Gasteiger partial charge in [0.1, 0.15) is 11.4 Å². The van der Waals surface area contributed by atoms with Gasteiger partial charge in [0.05, 0.1) is 21.8 Å². The SMILES string of the molecule is Cc1[nH]c(C(=O)Nc2ccc(C(=O)NC3CCNCC3)cc2OC(C)C)c(Cl)c1Cl. The van der Waals surface area contributed by atoms with E-state index in [1.807, 2.05) is 13.8 Å². The third-order valence-corrected chi connectivity index (χ3v) is 5.76. The van der Waals surface area contributed by atoms with Crippen LogP contribution in [0.3, 0.4) is 0 Å². The number of aryl methyl sites for hydroxylation is 1. The molecule has 1 saturated heterocycles. The maximum absolute atomic E-state index is 12.7. The van der Waals surface area contributed by atoms with Gasteiger partial charge in [0.15, 0.2) is 0 Å². The average molecular weight is 453 g/mol. The lowest BCUT2D eigenvalue weighted by Crippen LogP contribution is -2.42. The number of halogens is 2. The van der Waals surface area contributed by atoms with E-state index in [0.29, 0.717) is 27.7 Å². The van der Waals surface area contributed by atoms with E-state index in [9.17, 15) is 9.59 Å². The standard InChI is InChI=1S/C21H26Cl2N4O3/c1-11(2)30-16-10-13(20(28)26-14-6-8-24-9-7-14)4-5-15(16)27-21(29)19-18(23)17(22)12(3)25-19/h4-5,10-11,14,24-25H,6-9H2,1-3H3,(H,26,28)(H,27,29). The molecule has 2 aromatic rings. The van der Waals surface area contributed by atoms with Gasteiger partial charge >= 0.3 is 0 Å². The number of carbonyl (C=O) groups excluding carboxylic acids is 2. The zero-order chi connectivity index (χ0) is 21.8. The number of amides is 2. The molecule has 30 heavy (non-hydrogen) atoms. The van der Waals surface area contributed by atoms with Crippen molar-refractivity contribution in [1.82, 2.24) is 15.6 Å². The molecule has 3 rings (SSSR count). The van der Waals surface area contributed by atoms with Crippen LogP contribution in [0, 0.1) is 6.92 Å². The third-order valence-electron chi connectivity index (χ3n) is 4.81. The first-order chi connectivity index (χ1) is 14.3. The Bertz CT molecular complexity index is 937. The van der Waals surface area contributed by atoms with Crippen molar-refractivity contribution in [2.75, 3.05) is 18.4 Å². The van der Waals surface area contributed by atoms with Crippen LogP contribution in [-0.2, 0) is 0 Å². The van der Waals surface area contributed by atoms with Crippen molar-refractivity contribution >= 4 is 40.7 Å². The summed E-state index contributed by atoms with van der Waals surface area (Å²) >= 11 is 12.2. The van der Waals surface area contributed by atoms with E-state index in [1.165, 1.54) is 0 Å². The fraction of sp³-hybridized carbons (Fsp3) is 0.429. The third kappa shape index (κ3) is 5.28. The minimum Gasteiger partial charge on any atom is -0.489 e. The van der Waals surface area contributed by atoms with Crippen LogP contribution in [0.2, 0.25) is 10.0 Å². The molecule has 1 fully saturated rings. The first-order valence-corrected chi connectivity index (χ1v) is 10.7. The first kappa shape index (κ1) is 22.5. The number of nitrogens with one attached hydrogen (secondary N) is 4. The van der Waals surface area contributed by atoms with Gasteiger partial charge in [-0.15, -0.1) is 0 Å². The molecule has 0 aliphatic carbocycles. The number of anilines is 1. The van der Waals surface area contributed by atoms with Gasteiger partial charge in [0.2, 0.25) is 0 Å². The van der Waals surface area contributed by atoms with Crippen molar-refractivity contribution in [3.05, 3.63) is 45.2 Å². The summed E-state index contributed by atoms with van der Waals surface area (Å²) in [6.07, 6.45) is 1.65. The van der Waals surface area contributed by atoms with Crippen LogP contribution < -0.4 is 20.7 Å². The minimum absolute atomic E-state index is 0.144. The summed E-state index contributed by atoms with van der Waals surface area (Å²) in [6, 6.07) is 5.10. The highest BCUT2D eigenvalue weighted by molar-refractivity contribution is 6.44. The van der Waals surface area contributed by atoms with Crippen molar-refractivity contribution in [2.24, 2.45) is 0 Å². The normalized spacial score (nSPS) is 14.6. The Morgan fingerprint density at radius 3 is 2.43 bits per heavy atom. The highest BCUT2D eigenvalue weighted by Crippen LogP contribution is 2.32. The minimum atomic E-state index is -0.449. The summed E-state index contributed by atoms with van der Waals surface area (Å²) in [5.41, 5.74) is 1.68. The van der Waals surface area contributed by atoms with Gasteiger partial charge in [-0.2, -0.15) is 0 Å². The summed E-state index contributed by atoms with van der Waals surface area (Å²) in [6.45, 7) is 7.26.